The van der Waals surface area contributed by atoms with Gasteiger partial charge in [-0.05, 0) is 36.8 Å². The Kier molecular flexibility index (Phi) is 5.01. The number of aromatic carboxylic acids is 1. The summed E-state index contributed by atoms with van der Waals surface area (Å²) in [6.45, 7) is 1.93. The fourth-order valence-electron chi connectivity index (χ4n) is 1.92. The molecule has 1 heterocycles. The van der Waals surface area contributed by atoms with E-state index in [0.717, 1.165) is 23.5 Å². The van der Waals surface area contributed by atoms with Gasteiger partial charge in [0.25, 0.3) is 0 Å². The highest BCUT2D eigenvalue weighted by Gasteiger charge is 2.19. The standard InChI is InChI=1S/C14H16FNO2S2/c1-8(16)5-6-19-7-9-12-10(15)3-2-4-11(12)20-13(9)14(17)18/h2-4,8H,5-7,16H2,1H3,(H,17,18). The molecule has 1 aromatic carbocycles. The predicted octanol–water partition coefficient (Wildman–Crippen LogP) is 3.71. The average Bonchev–Trinajstić information content (AvgIpc) is 2.75. The zero-order valence-corrected chi connectivity index (χ0v) is 12.7. The Bertz CT molecular complexity index is 625. The van der Waals surface area contributed by atoms with Gasteiger partial charge in [-0.3, -0.25) is 0 Å². The van der Waals surface area contributed by atoms with Crippen molar-refractivity contribution < 1.29 is 14.3 Å². The molecule has 0 aliphatic heterocycles. The van der Waals surface area contributed by atoms with Gasteiger partial charge in [0.1, 0.15) is 10.7 Å². The summed E-state index contributed by atoms with van der Waals surface area (Å²) in [6.07, 6.45) is 0.859. The van der Waals surface area contributed by atoms with Crippen LogP contribution in [-0.4, -0.2) is 22.9 Å². The number of fused-ring (bicyclic) bond motifs is 1. The third-order valence-corrected chi connectivity index (χ3v) is 5.12. The summed E-state index contributed by atoms with van der Waals surface area (Å²) in [5, 5.41) is 9.71. The van der Waals surface area contributed by atoms with Crippen LogP contribution in [0.1, 0.15) is 28.6 Å². The second-order valence-corrected chi connectivity index (χ2v) is 6.80. The van der Waals surface area contributed by atoms with E-state index in [2.05, 4.69) is 0 Å². The van der Waals surface area contributed by atoms with Crippen molar-refractivity contribution in [3.8, 4) is 0 Å². The number of carbonyl (C=O) groups is 1. The summed E-state index contributed by atoms with van der Waals surface area (Å²) >= 11 is 2.72. The van der Waals surface area contributed by atoms with E-state index in [1.165, 1.54) is 6.07 Å². The van der Waals surface area contributed by atoms with Gasteiger partial charge in [0, 0.05) is 21.9 Å². The molecular weight excluding hydrogens is 297 g/mol. The van der Waals surface area contributed by atoms with Crippen LogP contribution in [0.3, 0.4) is 0 Å². The molecule has 1 atom stereocenters. The molecule has 1 aromatic heterocycles. The molecule has 3 N–H and O–H groups in total. The van der Waals surface area contributed by atoms with Crippen LogP contribution in [-0.2, 0) is 5.75 Å². The van der Waals surface area contributed by atoms with E-state index in [0.29, 0.717) is 21.4 Å². The third kappa shape index (κ3) is 3.31. The van der Waals surface area contributed by atoms with Crippen molar-refractivity contribution >= 4 is 39.2 Å². The molecule has 6 heteroatoms. The summed E-state index contributed by atoms with van der Waals surface area (Å²) in [6, 6.07) is 4.85. The molecule has 0 aliphatic rings. The van der Waals surface area contributed by atoms with Crippen LogP contribution in [0.25, 0.3) is 10.1 Å². The van der Waals surface area contributed by atoms with Crippen molar-refractivity contribution in [2.45, 2.75) is 25.1 Å². The number of thiophene rings is 1. The molecule has 3 nitrogen and oxygen atoms in total. The first kappa shape index (κ1) is 15.3. The summed E-state index contributed by atoms with van der Waals surface area (Å²) in [5.74, 6) is -0.0138. The van der Waals surface area contributed by atoms with Crippen molar-refractivity contribution in [1.82, 2.24) is 0 Å². The van der Waals surface area contributed by atoms with Crippen LogP contribution in [0, 0.1) is 5.82 Å². The van der Waals surface area contributed by atoms with E-state index in [1.54, 1.807) is 23.9 Å². The molecule has 0 amide bonds. The van der Waals surface area contributed by atoms with Crippen molar-refractivity contribution in [2.75, 3.05) is 5.75 Å². The zero-order valence-electron chi connectivity index (χ0n) is 11.1. The van der Waals surface area contributed by atoms with E-state index >= 15 is 0 Å². The average molecular weight is 313 g/mol. The van der Waals surface area contributed by atoms with Crippen LogP contribution in [0.15, 0.2) is 18.2 Å². The van der Waals surface area contributed by atoms with Gasteiger partial charge in [-0.15, -0.1) is 11.3 Å². The lowest BCUT2D eigenvalue weighted by Crippen LogP contribution is -2.15. The maximum absolute atomic E-state index is 13.9. The number of carboxylic acid groups (broad SMARTS) is 1. The molecule has 108 valence electrons. The van der Waals surface area contributed by atoms with Crippen LogP contribution in [0.2, 0.25) is 0 Å². The number of hydrogen-bond donors (Lipinski definition) is 2. The number of hydrogen-bond acceptors (Lipinski definition) is 4. The fourth-order valence-corrected chi connectivity index (χ4v) is 4.26. The minimum absolute atomic E-state index is 0.123. The van der Waals surface area contributed by atoms with Crippen molar-refractivity contribution in [3.63, 3.8) is 0 Å². The monoisotopic (exact) mass is 313 g/mol. The van der Waals surface area contributed by atoms with Gasteiger partial charge in [0.05, 0.1) is 0 Å². The summed E-state index contributed by atoms with van der Waals surface area (Å²) in [7, 11) is 0. The number of benzene rings is 1. The number of nitrogens with two attached hydrogens (primary N) is 1. The molecule has 1 unspecified atom stereocenters. The SMILES string of the molecule is CC(N)CCSCc1c(C(=O)O)sc2cccc(F)c12. The number of halogens is 1. The number of thioether (sulfide) groups is 1. The maximum atomic E-state index is 13.9. The molecule has 0 radical (unpaired) electrons. The van der Waals surface area contributed by atoms with E-state index < -0.39 is 5.97 Å². The summed E-state index contributed by atoms with van der Waals surface area (Å²) in [4.78, 5) is 11.5. The number of carboxylic acids is 1. The highest BCUT2D eigenvalue weighted by Crippen LogP contribution is 2.35. The van der Waals surface area contributed by atoms with Crippen LogP contribution in [0.4, 0.5) is 4.39 Å². The smallest absolute Gasteiger partial charge is 0.346 e. The lowest BCUT2D eigenvalue weighted by Gasteiger charge is -2.05. The Balaban J connectivity index is 2.29. The van der Waals surface area contributed by atoms with Crippen LogP contribution < -0.4 is 5.73 Å². The van der Waals surface area contributed by atoms with Crippen LogP contribution in [0.5, 0.6) is 0 Å². The lowest BCUT2D eigenvalue weighted by molar-refractivity contribution is 0.0701. The normalized spacial score (nSPS) is 12.8. The Morgan fingerprint density at radius 2 is 2.30 bits per heavy atom. The maximum Gasteiger partial charge on any atom is 0.346 e. The highest BCUT2D eigenvalue weighted by atomic mass is 32.2. The Labute approximate surface area is 125 Å². The second kappa shape index (κ2) is 6.56. The van der Waals surface area contributed by atoms with Crippen molar-refractivity contribution in [2.24, 2.45) is 5.73 Å². The Morgan fingerprint density at radius 3 is 2.95 bits per heavy atom. The predicted molar refractivity (Wildman–Crippen MR) is 83.2 cm³/mol. The minimum Gasteiger partial charge on any atom is -0.477 e. The first-order valence-electron chi connectivity index (χ1n) is 6.27. The minimum atomic E-state index is -0.992. The van der Waals surface area contributed by atoms with Crippen molar-refractivity contribution in [1.29, 1.82) is 0 Å². The van der Waals surface area contributed by atoms with Gasteiger partial charge in [0.2, 0.25) is 0 Å². The number of rotatable bonds is 6. The molecule has 0 aliphatic carbocycles. The van der Waals surface area contributed by atoms with Gasteiger partial charge in [0.15, 0.2) is 0 Å². The fraction of sp³-hybridized carbons (Fsp3) is 0.357. The molecule has 0 bridgehead atoms. The largest absolute Gasteiger partial charge is 0.477 e. The van der Waals surface area contributed by atoms with Gasteiger partial charge in [-0.1, -0.05) is 6.07 Å². The first-order chi connectivity index (χ1) is 9.50. The molecule has 0 saturated carbocycles. The first-order valence-corrected chi connectivity index (χ1v) is 8.24. The summed E-state index contributed by atoms with van der Waals surface area (Å²) < 4.78 is 14.6. The van der Waals surface area contributed by atoms with Gasteiger partial charge < -0.3 is 10.8 Å². The second-order valence-electron chi connectivity index (χ2n) is 4.65. The van der Waals surface area contributed by atoms with E-state index in [1.807, 2.05) is 6.92 Å². The van der Waals surface area contributed by atoms with Crippen LogP contribution >= 0.6 is 23.1 Å². The molecule has 0 saturated heterocycles. The van der Waals surface area contributed by atoms with Crippen molar-refractivity contribution in [3.05, 3.63) is 34.5 Å². The zero-order chi connectivity index (χ0) is 14.7. The molecule has 0 spiro atoms. The Morgan fingerprint density at radius 1 is 1.55 bits per heavy atom. The lowest BCUT2D eigenvalue weighted by atomic mass is 10.1. The third-order valence-electron chi connectivity index (χ3n) is 2.92. The molecular formula is C14H16FNO2S2. The molecule has 0 fully saturated rings. The van der Waals surface area contributed by atoms with Gasteiger partial charge in [-0.25, -0.2) is 9.18 Å². The topological polar surface area (TPSA) is 63.3 Å². The van der Waals surface area contributed by atoms with E-state index in [-0.39, 0.29) is 16.7 Å². The molecule has 2 rings (SSSR count). The highest BCUT2D eigenvalue weighted by molar-refractivity contribution is 7.98. The summed E-state index contributed by atoms with van der Waals surface area (Å²) in [5.41, 5.74) is 6.27. The van der Waals surface area contributed by atoms with E-state index in [9.17, 15) is 14.3 Å². The molecule has 2 aromatic rings. The van der Waals surface area contributed by atoms with Gasteiger partial charge in [-0.2, -0.15) is 11.8 Å². The quantitative estimate of drug-likeness (QED) is 0.798. The van der Waals surface area contributed by atoms with E-state index in [4.69, 9.17) is 5.73 Å². The molecule has 20 heavy (non-hydrogen) atoms. The Hall–Kier alpha value is -1.11. The van der Waals surface area contributed by atoms with Gasteiger partial charge >= 0.3 is 5.97 Å².